The zero-order chi connectivity index (χ0) is 21.9. The average molecular weight is 457 g/mol. The third-order valence-corrected chi connectivity index (χ3v) is 9.64. The molecule has 0 radical (unpaired) electrons. The molecule has 1 aromatic heterocycles. The molecule has 1 aromatic rings. The molecule has 6 atom stereocenters. The molecule has 0 bridgehead atoms. The van der Waals surface area contributed by atoms with Gasteiger partial charge in [0.15, 0.2) is 0 Å². The van der Waals surface area contributed by atoms with Gasteiger partial charge in [-0.3, -0.25) is 0 Å². The van der Waals surface area contributed by atoms with Gasteiger partial charge in [0.05, 0.1) is 0 Å². The number of carbonyl (C=O) groups is 1. The van der Waals surface area contributed by atoms with Gasteiger partial charge in [-0.25, -0.2) is 0 Å². The van der Waals surface area contributed by atoms with Crippen molar-refractivity contribution in [3.63, 3.8) is 0 Å². The number of hydrogen-bond donors (Lipinski definition) is 6. The van der Waals surface area contributed by atoms with Gasteiger partial charge in [-0.2, -0.15) is 0 Å². The van der Waals surface area contributed by atoms with E-state index in [1.807, 2.05) is 0 Å². The summed E-state index contributed by atoms with van der Waals surface area (Å²) < 4.78 is 6.48. The van der Waals surface area contributed by atoms with Gasteiger partial charge in [0, 0.05) is 0 Å². The van der Waals surface area contributed by atoms with Crippen molar-refractivity contribution in [2.45, 2.75) is 62.2 Å². The van der Waals surface area contributed by atoms with Crippen LogP contribution in [0.1, 0.15) is 26.7 Å². The summed E-state index contributed by atoms with van der Waals surface area (Å²) >= 11 is 0. The molecule has 2 rings (SSSR count). The van der Waals surface area contributed by atoms with Crippen molar-refractivity contribution in [3.8, 4) is 0 Å². The Kier molecular flexibility index (Phi) is 8.22. The number of aliphatic hydroxyl groups excluding tert-OH is 2. The first-order valence-corrected chi connectivity index (χ1v) is 11.9. The number of aliphatic hydroxyl groups is 3. The molecule has 12 nitrogen and oxygen atoms in total. The number of carbonyl (C=O) groups excluding carboxylic acids is 1. The fourth-order valence-corrected chi connectivity index (χ4v) is 6.96. The topological polar surface area (TPSA) is 190 Å². The molecule has 1 aliphatic heterocycles. The minimum absolute atomic E-state index is 0.102. The Morgan fingerprint density at radius 1 is 1.52 bits per heavy atom. The summed E-state index contributed by atoms with van der Waals surface area (Å²) in [7, 11) is -5.98. The fourth-order valence-electron chi connectivity index (χ4n) is 3.00. The second kappa shape index (κ2) is 9.67. The van der Waals surface area contributed by atoms with E-state index in [9.17, 15) is 29.9 Å². The zero-order valence-corrected chi connectivity index (χ0v) is 18.1. The van der Waals surface area contributed by atoms with Crippen LogP contribution in [-0.4, -0.2) is 75.9 Å². The van der Waals surface area contributed by atoms with Crippen molar-refractivity contribution in [1.29, 1.82) is 0 Å². The first kappa shape index (κ1) is 24.6. The number of nitrogens with two attached hydrogens (primary N) is 1. The fraction of sp³-hybridized carbons (Fsp3) is 0.733. The molecule has 7 N–H and O–H groups in total. The SMILES string of the molecule is CCCC1(C(=O)CN)OOC1[PH](O)(O)C(O)(Cn1ccnc1)POC(O)[C@H](C)O. The molecule has 0 aromatic carbocycles. The van der Waals surface area contributed by atoms with Crippen LogP contribution in [0.4, 0.5) is 0 Å². The van der Waals surface area contributed by atoms with E-state index in [0.717, 1.165) is 0 Å². The van der Waals surface area contributed by atoms with Crippen molar-refractivity contribution < 1.29 is 44.2 Å². The molecule has 1 aliphatic rings. The predicted molar refractivity (Wildman–Crippen MR) is 105 cm³/mol. The summed E-state index contributed by atoms with van der Waals surface area (Å²) in [5.41, 5.74) is 3.76. The molecule has 1 saturated heterocycles. The Morgan fingerprint density at radius 3 is 2.66 bits per heavy atom. The van der Waals surface area contributed by atoms with Crippen LogP contribution in [0.2, 0.25) is 0 Å². The Morgan fingerprint density at radius 2 is 2.21 bits per heavy atom. The normalized spacial score (nSPS) is 27.4. The Balaban J connectivity index is 2.37. The van der Waals surface area contributed by atoms with Crippen LogP contribution in [0.15, 0.2) is 18.7 Å². The quantitative estimate of drug-likeness (QED) is 0.125. The summed E-state index contributed by atoms with van der Waals surface area (Å²) in [6.07, 6.45) is 1.85. The molecule has 168 valence electrons. The Labute approximate surface area is 169 Å². The molecule has 0 saturated carbocycles. The van der Waals surface area contributed by atoms with E-state index in [2.05, 4.69) is 4.98 Å². The summed E-state index contributed by atoms with van der Waals surface area (Å²) in [6.45, 7) is 2.24. The van der Waals surface area contributed by atoms with Crippen LogP contribution >= 0.6 is 16.5 Å². The van der Waals surface area contributed by atoms with E-state index >= 15 is 0 Å². The Hall–Kier alpha value is -0.620. The maximum atomic E-state index is 12.4. The van der Waals surface area contributed by atoms with Gasteiger partial charge < -0.3 is 0 Å². The van der Waals surface area contributed by atoms with Gasteiger partial charge in [-0.1, -0.05) is 0 Å². The monoisotopic (exact) mass is 457 g/mol. The van der Waals surface area contributed by atoms with Gasteiger partial charge in [-0.15, -0.1) is 0 Å². The van der Waals surface area contributed by atoms with E-state index in [1.54, 1.807) is 6.92 Å². The van der Waals surface area contributed by atoms with E-state index in [-0.39, 0.29) is 13.0 Å². The number of nitrogens with zero attached hydrogens (tertiary/aromatic N) is 2. The third kappa shape index (κ3) is 4.84. The van der Waals surface area contributed by atoms with Crippen LogP contribution < -0.4 is 5.73 Å². The van der Waals surface area contributed by atoms with E-state index in [4.69, 9.17) is 20.0 Å². The average Bonchev–Trinajstić information content (AvgIpc) is 3.14. The molecule has 29 heavy (non-hydrogen) atoms. The zero-order valence-electron chi connectivity index (χ0n) is 16.1. The molecular formula is C15H29N3O9P2. The molecule has 14 heteroatoms. The number of aromatic nitrogens is 2. The second-order valence-corrected chi connectivity index (χ2v) is 11.6. The van der Waals surface area contributed by atoms with E-state index in [1.165, 1.54) is 30.2 Å². The molecule has 0 spiro atoms. The summed E-state index contributed by atoms with van der Waals surface area (Å²) in [5.74, 6) is -2.13. The molecule has 5 unspecified atom stereocenters. The number of ketones is 1. The molecule has 1 fully saturated rings. The summed E-state index contributed by atoms with van der Waals surface area (Å²) in [5, 5.41) is 28.1. The van der Waals surface area contributed by atoms with E-state index in [0.29, 0.717) is 6.42 Å². The number of imidazole rings is 1. The van der Waals surface area contributed by atoms with Gasteiger partial charge >= 0.3 is 169 Å². The molecular weight excluding hydrogens is 428 g/mol. The van der Waals surface area contributed by atoms with Gasteiger partial charge in [0.25, 0.3) is 0 Å². The number of rotatable bonds is 12. The van der Waals surface area contributed by atoms with Crippen molar-refractivity contribution in [2.75, 3.05) is 6.54 Å². The first-order valence-electron chi connectivity index (χ1n) is 9.03. The summed E-state index contributed by atoms with van der Waals surface area (Å²) in [6, 6.07) is 0. The van der Waals surface area contributed by atoms with Crippen LogP contribution in [0.25, 0.3) is 0 Å². The number of Topliss-reactive ketones (excluding diaryl/α,β-unsaturated/α-hetero) is 1. The third-order valence-electron chi connectivity index (χ3n) is 4.70. The van der Waals surface area contributed by atoms with Crippen molar-refractivity contribution in [1.82, 2.24) is 9.55 Å². The first-order chi connectivity index (χ1) is 13.5. The van der Waals surface area contributed by atoms with Gasteiger partial charge in [0.2, 0.25) is 0 Å². The van der Waals surface area contributed by atoms with Crippen LogP contribution in [0, 0.1) is 0 Å². The molecule has 0 amide bonds. The van der Waals surface area contributed by atoms with Crippen LogP contribution in [-0.2, 0) is 25.6 Å². The standard InChI is InChI=1S/C15H29N3O9P2/c1-3-4-14(11(20)7-16)13(25-27-14)29(23,24)15(22,8-18-6-5-17-9-18)28-26-12(21)10(2)19/h5-6,9-10,12-13,19,21-24,28-29H,3-4,7-8,16H2,1-2H3/t10-,12?,13?,14?,15?/m0/s1. The second-order valence-electron chi connectivity index (χ2n) is 7.00. The number of hydrogen-bond acceptors (Lipinski definition) is 11. The predicted octanol–water partition coefficient (Wildman–Crippen LogP) is -1.24. The van der Waals surface area contributed by atoms with Crippen molar-refractivity contribution >= 4 is 22.3 Å². The van der Waals surface area contributed by atoms with Gasteiger partial charge in [-0.05, 0) is 0 Å². The van der Waals surface area contributed by atoms with Crippen molar-refractivity contribution in [2.24, 2.45) is 5.73 Å². The molecule has 2 heterocycles. The summed E-state index contributed by atoms with van der Waals surface area (Å²) in [4.78, 5) is 48.5. The van der Waals surface area contributed by atoms with Crippen LogP contribution in [0.5, 0.6) is 0 Å². The Bertz CT molecular complexity index is 678. The minimum atomic E-state index is -4.91. The van der Waals surface area contributed by atoms with Gasteiger partial charge in [0.1, 0.15) is 0 Å². The molecule has 0 aliphatic carbocycles. The van der Waals surface area contributed by atoms with Crippen LogP contribution in [0.3, 0.4) is 0 Å². The van der Waals surface area contributed by atoms with E-state index < -0.39 is 57.8 Å². The maximum absolute atomic E-state index is 12.4. The van der Waals surface area contributed by atoms with Crippen molar-refractivity contribution in [3.05, 3.63) is 18.7 Å².